The fourth-order valence-corrected chi connectivity index (χ4v) is 3.49. The Labute approximate surface area is 153 Å². The average Bonchev–Trinajstić information content (AvgIpc) is 3.41. The number of piperazine rings is 1. The van der Waals surface area contributed by atoms with Crippen molar-refractivity contribution in [2.75, 3.05) is 26.2 Å². The smallest absolute Gasteiger partial charge is 0.289 e. The predicted octanol–water partition coefficient (Wildman–Crippen LogP) is 2.90. The molecule has 1 aliphatic heterocycles. The van der Waals surface area contributed by atoms with Gasteiger partial charge in [0.05, 0.1) is 11.3 Å². The second-order valence-corrected chi connectivity index (χ2v) is 7.04. The van der Waals surface area contributed by atoms with Crippen LogP contribution >= 0.6 is 11.3 Å². The zero-order valence-electron chi connectivity index (χ0n) is 14.2. The summed E-state index contributed by atoms with van der Waals surface area (Å²) in [6.45, 7) is 3.76. The Bertz CT molecular complexity index is 920. The number of aryl methyl sites for hydroxylation is 1. The summed E-state index contributed by atoms with van der Waals surface area (Å²) in [5, 5.41) is 2.85. The molecular formula is C18H17N3O4S. The third-order valence-corrected chi connectivity index (χ3v) is 5.05. The van der Waals surface area contributed by atoms with Crippen molar-refractivity contribution in [3.05, 3.63) is 52.4 Å². The van der Waals surface area contributed by atoms with Crippen LogP contribution in [0.3, 0.4) is 0 Å². The van der Waals surface area contributed by atoms with Crippen LogP contribution < -0.4 is 0 Å². The number of amides is 2. The Morgan fingerprint density at radius 1 is 1.04 bits per heavy atom. The normalized spacial score (nSPS) is 14.7. The van der Waals surface area contributed by atoms with Crippen LogP contribution in [-0.4, -0.2) is 52.8 Å². The first-order valence-electron chi connectivity index (χ1n) is 8.26. The van der Waals surface area contributed by atoms with Crippen LogP contribution in [0.5, 0.6) is 0 Å². The van der Waals surface area contributed by atoms with Crippen LogP contribution in [0.1, 0.15) is 26.1 Å². The van der Waals surface area contributed by atoms with Crippen LogP contribution in [0.2, 0.25) is 0 Å². The highest BCUT2D eigenvalue weighted by molar-refractivity contribution is 7.09. The van der Waals surface area contributed by atoms with Gasteiger partial charge in [-0.1, -0.05) is 0 Å². The molecule has 4 rings (SSSR count). The summed E-state index contributed by atoms with van der Waals surface area (Å²) in [5.41, 5.74) is 0.736. The summed E-state index contributed by atoms with van der Waals surface area (Å²) >= 11 is 1.54. The lowest BCUT2D eigenvalue weighted by Crippen LogP contribution is -2.50. The lowest BCUT2D eigenvalue weighted by Gasteiger charge is -2.33. The summed E-state index contributed by atoms with van der Waals surface area (Å²) in [4.78, 5) is 32.7. The first kappa shape index (κ1) is 16.6. The number of hydrogen-bond acceptors (Lipinski definition) is 6. The van der Waals surface area contributed by atoms with E-state index in [4.69, 9.17) is 8.83 Å². The van der Waals surface area contributed by atoms with E-state index in [0.717, 1.165) is 10.7 Å². The lowest BCUT2D eigenvalue weighted by atomic mass is 10.2. The zero-order chi connectivity index (χ0) is 18.1. The molecule has 134 valence electrons. The van der Waals surface area contributed by atoms with Crippen LogP contribution in [0, 0.1) is 6.92 Å². The van der Waals surface area contributed by atoms with E-state index in [-0.39, 0.29) is 17.6 Å². The maximum absolute atomic E-state index is 12.6. The molecule has 0 bridgehead atoms. The summed E-state index contributed by atoms with van der Waals surface area (Å²) in [6, 6.07) is 6.76. The van der Waals surface area contributed by atoms with Crippen molar-refractivity contribution in [1.82, 2.24) is 14.8 Å². The molecule has 1 fully saturated rings. The summed E-state index contributed by atoms with van der Waals surface area (Å²) in [6.07, 6.45) is 1.48. The van der Waals surface area contributed by atoms with E-state index in [1.807, 2.05) is 12.3 Å². The van der Waals surface area contributed by atoms with Crippen molar-refractivity contribution in [3.63, 3.8) is 0 Å². The molecule has 2 amide bonds. The number of nitrogens with zero attached hydrogens (tertiary/aromatic N) is 3. The highest BCUT2D eigenvalue weighted by Gasteiger charge is 2.28. The van der Waals surface area contributed by atoms with Crippen molar-refractivity contribution in [2.45, 2.75) is 6.92 Å². The van der Waals surface area contributed by atoms with Crippen molar-refractivity contribution >= 4 is 23.2 Å². The van der Waals surface area contributed by atoms with Crippen molar-refractivity contribution < 1.29 is 18.4 Å². The number of furan rings is 2. The quantitative estimate of drug-likeness (QED) is 0.707. The molecule has 3 aromatic rings. The second kappa shape index (κ2) is 6.80. The molecule has 0 N–H and O–H groups in total. The van der Waals surface area contributed by atoms with Gasteiger partial charge in [0.25, 0.3) is 11.8 Å². The molecule has 0 atom stereocenters. The van der Waals surface area contributed by atoms with Crippen LogP contribution in [0.15, 0.2) is 44.7 Å². The van der Waals surface area contributed by atoms with Gasteiger partial charge in [-0.3, -0.25) is 9.59 Å². The second-order valence-electron chi connectivity index (χ2n) is 5.98. The first-order chi connectivity index (χ1) is 12.6. The minimum Gasteiger partial charge on any atom is -0.459 e. The van der Waals surface area contributed by atoms with Gasteiger partial charge in [0.1, 0.15) is 5.69 Å². The van der Waals surface area contributed by atoms with E-state index in [2.05, 4.69) is 4.98 Å². The monoisotopic (exact) mass is 371 g/mol. The minimum absolute atomic E-state index is 0.152. The Morgan fingerprint density at radius 3 is 2.31 bits per heavy atom. The highest BCUT2D eigenvalue weighted by Crippen LogP contribution is 2.24. The number of rotatable bonds is 3. The van der Waals surface area contributed by atoms with Gasteiger partial charge in [0.2, 0.25) is 0 Å². The molecule has 1 aliphatic rings. The van der Waals surface area contributed by atoms with Gasteiger partial charge in [-0.25, -0.2) is 4.98 Å². The van der Waals surface area contributed by atoms with E-state index in [9.17, 15) is 9.59 Å². The summed E-state index contributed by atoms with van der Waals surface area (Å²) in [5.74, 6) is 0.870. The standard InChI is InChI=1S/C18H17N3O4S/c1-12-19-13(11-26-12)14-4-5-16(25-14)18(23)21-8-6-20(7-9-21)17(22)15-3-2-10-24-15/h2-5,10-11H,6-9H2,1H3. The van der Waals surface area contributed by atoms with E-state index in [0.29, 0.717) is 37.7 Å². The van der Waals surface area contributed by atoms with Gasteiger partial charge in [-0.05, 0) is 31.2 Å². The van der Waals surface area contributed by atoms with E-state index in [1.54, 1.807) is 34.1 Å². The molecule has 0 radical (unpaired) electrons. The van der Waals surface area contributed by atoms with E-state index in [1.165, 1.54) is 17.6 Å². The largest absolute Gasteiger partial charge is 0.459 e. The zero-order valence-corrected chi connectivity index (χ0v) is 15.0. The van der Waals surface area contributed by atoms with Gasteiger partial charge in [-0.2, -0.15) is 0 Å². The topological polar surface area (TPSA) is 79.8 Å². The van der Waals surface area contributed by atoms with Crippen LogP contribution in [0.25, 0.3) is 11.5 Å². The van der Waals surface area contributed by atoms with Crippen molar-refractivity contribution in [3.8, 4) is 11.5 Å². The van der Waals surface area contributed by atoms with Crippen LogP contribution in [-0.2, 0) is 0 Å². The molecule has 0 spiro atoms. The maximum Gasteiger partial charge on any atom is 0.289 e. The Morgan fingerprint density at radius 2 is 1.73 bits per heavy atom. The van der Waals surface area contributed by atoms with E-state index < -0.39 is 0 Å². The maximum atomic E-state index is 12.6. The van der Waals surface area contributed by atoms with Crippen molar-refractivity contribution in [2.24, 2.45) is 0 Å². The molecule has 3 aromatic heterocycles. The Kier molecular flexibility index (Phi) is 4.34. The molecule has 1 saturated heterocycles. The lowest BCUT2D eigenvalue weighted by molar-refractivity contribution is 0.0502. The SMILES string of the molecule is Cc1nc(-c2ccc(C(=O)N3CCN(C(=O)c4ccco4)CC3)o2)cs1. The molecule has 8 heteroatoms. The molecular weight excluding hydrogens is 354 g/mol. The first-order valence-corrected chi connectivity index (χ1v) is 9.14. The third-order valence-electron chi connectivity index (χ3n) is 4.27. The van der Waals surface area contributed by atoms with Crippen molar-refractivity contribution in [1.29, 1.82) is 0 Å². The molecule has 0 aromatic carbocycles. The Hall–Kier alpha value is -2.87. The fraction of sp³-hybridized carbons (Fsp3) is 0.278. The fourth-order valence-electron chi connectivity index (χ4n) is 2.89. The number of carbonyl (C=O) groups excluding carboxylic acids is 2. The number of carbonyl (C=O) groups is 2. The van der Waals surface area contributed by atoms with Gasteiger partial charge in [0, 0.05) is 31.6 Å². The Balaban J connectivity index is 1.39. The third kappa shape index (κ3) is 3.15. The van der Waals surface area contributed by atoms with Gasteiger partial charge >= 0.3 is 0 Å². The van der Waals surface area contributed by atoms with E-state index >= 15 is 0 Å². The highest BCUT2D eigenvalue weighted by atomic mass is 32.1. The van der Waals surface area contributed by atoms with Gasteiger partial charge < -0.3 is 18.6 Å². The van der Waals surface area contributed by atoms with Crippen LogP contribution in [0.4, 0.5) is 0 Å². The molecule has 0 aliphatic carbocycles. The minimum atomic E-state index is -0.173. The van der Waals surface area contributed by atoms with Gasteiger partial charge in [-0.15, -0.1) is 11.3 Å². The summed E-state index contributed by atoms with van der Waals surface area (Å²) in [7, 11) is 0. The number of hydrogen-bond donors (Lipinski definition) is 0. The summed E-state index contributed by atoms with van der Waals surface area (Å²) < 4.78 is 10.8. The predicted molar refractivity (Wildman–Crippen MR) is 95.1 cm³/mol. The molecule has 0 saturated carbocycles. The molecule has 4 heterocycles. The van der Waals surface area contributed by atoms with Gasteiger partial charge in [0.15, 0.2) is 17.3 Å². The average molecular weight is 371 g/mol. The number of aromatic nitrogens is 1. The molecule has 0 unspecified atom stereocenters. The number of thiazole rings is 1. The molecule has 26 heavy (non-hydrogen) atoms. The molecule has 7 nitrogen and oxygen atoms in total.